The van der Waals surface area contributed by atoms with Crippen LogP contribution in [0.2, 0.25) is 5.15 Å². The molecule has 3 N–H and O–H groups in total. The van der Waals surface area contributed by atoms with Crippen LogP contribution in [0.5, 0.6) is 11.5 Å². The molecule has 0 aliphatic carbocycles. The molecule has 1 atom stereocenters. The van der Waals surface area contributed by atoms with Crippen LogP contribution in [0.25, 0.3) is 0 Å². The highest BCUT2D eigenvalue weighted by atomic mass is 35.5. The van der Waals surface area contributed by atoms with Crippen molar-refractivity contribution >= 4 is 11.6 Å². The molecule has 0 aliphatic heterocycles. The van der Waals surface area contributed by atoms with E-state index < -0.39 is 0 Å². The molecule has 0 saturated heterocycles. The van der Waals surface area contributed by atoms with Crippen molar-refractivity contribution in [3.63, 3.8) is 0 Å². The number of ether oxygens (including phenoxy) is 2. The van der Waals surface area contributed by atoms with E-state index in [0.29, 0.717) is 10.9 Å². The molecule has 1 aromatic carbocycles. The van der Waals surface area contributed by atoms with Gasteiger partial charge < -0.3 is 9.47 Å². The van der Waals surface area contributed by atoms with E-state index in [1.54, 1.807) is 26.5 Å². The fourth-order valence-electron chi connectivity index (χ4n) is 1.98. The SMILES string of the molecule is COc1ccc(C(NN)c2ccc(Cl)nc2)c(OC)c1. The molecule has 1 aromatic heterocycles. The Kier molecular flexibility index (Phi) is 4.79. The van der Waals surface area contributed by atoms with Crippen molar-refractivity contribution in [2.24, 2.45) is 5.84 Å². The predicted octanol–water partition coefficient (Wildman–Crippen LogP) is 2.30. The summed E-state index contributed by atoms with van der Waals surface area (Å²) in [6, 6.07) is 8.90. The second-order valence-corrected chi connectivity index (χ2v) is 4.51. The number of aromatic nitrogens is 1. The standard InChI is InChI=1S/C14H16ClN3O2/c1-19-10-4-5-11(12(7-10)20-2)14(18-16)9-3-6-13(15)17-8-9/h3-8,14,18H,16H2,1-2H3. The van der Waals surface area contributed by atoms with Gasteiger partial charge in [-0.05, 0) is 23.8 Å². The van der Waals surface area contributed by atoms with Crippen LogP contribution in [-0.2, 0) is 0 Å². The smallest absolute Gasteiger partial charge is 0.129 e. The number of pyridine rings is 1. The van der Waals surface area contributed by atoms with Gasteiger partial charge in [-0.15, -0.1) is 0 Å². The molecule has 1 heterocycles. The Morgan fingerprint density at radius 3 is 2.55 bits per heavy atom. The summed E-state index contributed by atoms with van der Waals surface area (Å²) < 4.78 is 10.6. The molecule has 0 amide bonds. The molecule has 0 aliphatic rings. The molecule has 20 heavy (non-hydrogen) atoms. The Morgan fingerprint density at radius 2 is 2.00 bits per heavy atom. The normalized spacial score (nSPS) is 12.0. The van der Waals surface area contributed by atoms with Crippen LogP contribution in [-0.4, -0.2) is 19.2 Å². The third-order valence-corrected chi connectivity index (χ3v) is 3.23. The molecular weight excluding hydrogens is 278 g/mol. The van der Waals surface area contributed by atoms with Gasteiger partial charge in [-0.1, -0.05) is 17.7 Å². The summed E-state index contributed by atoms with van der Waals surface area (Å²) in [5, 5.41) is 0.436. The first-order chi connectivity index (χ1) is 9.69. The van der Waals surface area contributed by atoms with Gasteiger partial charge in [0.15, 0.2) is 0 Å². The zero-order chi connectivity index (χ0) is 14.5. The van der Waals surface area contributed by atoms with Gasteiger partial charge >= 0.3 is 0 Å². The van der Waals surface area contributed by atoms with Gasteiger partial charge in [0.1, 0.15) is 16.7 Å². The molecule has 0 fully saturated rings. The van der Waals surface area contributed by atoms with Crippen molar-refractivity contribution in [3.05, 3.63) is 52.8 Å². The molecule has 2 aromatic rings. The molecule has 1 unspecified atom stereocenters. The third-order valence-electron chi connectivity index (χ3n) is 3.00. The Labute approximate surface area is 122 Å². The van der Waals surface area contributed by atoms with Crippen molar-refractivity contribution < 1.29 is 9.47 Å². The van der Waals surface area contributed by atoms with Gasteiger partial charge in [-0.2, -0.15) is 0 Å². The van der Waals surface area contributed by atoms with Crippen molar-refractivity contribution in [2.45, 2.75) is 6.04 Å². The van der Waals surface area contributed by atoms with E-state index in [1.165, 1.54) is 0 Å². The van der Waals surface area contributed by atoms with Crippen LogP contribution in [0.3, 0.4) is 0 Å². The quantitative estimate of drug-likeness (QED) is 0.503. The van der Waals surface area contributed by atoms with Gasteiger partial charge in [0.05, 0.1) is 20.3 Å². The lowest BCUT2D eigenvalue weighted by Gasteiger charge is -2.19. The second-order valence-electron chi connectivity index (χ2n) is 4.12. The summed E-state index contributed by atoms with van der Waals surface area (Å²) in [4.78, 5) is 4.07. The maximum atomic E-state index is 5.80. The fourth-order valence-corrected chi connectivity index (χ4v) is 2.09. The lowest BCUT2D eigenvalue weighted by atomic mass is 9.99. The fraction of sp³-hybridized carbons (Fsp3) is 0.214. The van der Waals surface area contributed by atoms with Crippen molar-refractivity contribution in [1.29, 1.82) is 0 Å². The molecule has 0 radical (unpaired) electrons. The Hall–Kier alpha value is -1.82. The van der Waals surface area contributed by atoms with E-state index in [1.807, 2.05) is 24.3 Å². The van der Waals surface area contributed by atoms with Crippen molar-refractivity contribution in [1.82, 2.24) is 10.4 Å². The Balaban J connectivity index is 2.43. The minimum Gasteiger partial charge on any atom is -0.497 e. The average Bonchev–Trinajstić information content (AvgIpc) is 2.50. The number of nitrogens with one attached hydrogen (secondary N) is 1. The molecule has 2 rings (SSSR count). The Bertz CT molecular complexity index is 575. The molecule has 0 bridgehead atoms. The molecule has 0 spiro atoms. The largest absolute Gasteiger partial charge is 0.497 e. The first-order valence-electron chi connectivity index (χ1n) is 5.99. The first kappa shape index (κ1) is 14.6. The summed E-state index contributed by atoms with van der Waals surface area (Å²) in [5.41, 5.74) is 4.54. The minimum atomic E-state index is -0.249. The molecule has 5 nitrogen and oxygen atoms in total. The molecule has 106 valence electrons. The van der Waals surface area contributed by atoms with Gasteiger partial charge in [0, 0.05) is 17.8 Å². The highest BCUT2D eigenvalue weighted by molar-refractivity contribution is 6.29. The van der Waals surface area contributed by atoms with E-state index in [2.05, 4.69) is 10.4 Å². The summed E-state index contributed by atoms with van der Waals surface area (Å²) >= 11 is 5.80. The van der Waals surface area contributed by atoms with Crippen molar-refractivity contribution in [2.75, 3.05) is 14.2 Å². The van der Waals surface area contributed by atoms with E-state index in [0.717, 1.165) is 16.9 Å². The number of methoxy groups -OCH3 is 2. The number of benzene rings is 1. The number of nitrogens with two attached hydrogens (primary N) is 1. The summed E-state index contributed by atoms with van der Waals surface area (Å²) in [5.74, 6) is 7.07. The first-order valence-corrected chi connectivity index (χ1v) is 6.37. The van der Waals surface area contributed by atoms with Crippen LogP contribution in [0.4, 0.5) is 0 Å². The van der Waals surface area contributed by atoms with Gasteiger partial charge in [-0.25, -0.2) is 10.4 Å². The van der Waals surface area contributed by atoms with Crippen LogP contribution in [0.15, 0.2) is 36.5 Å². The number of halogens is 1. The number of hydrogen-bond acceptors (Lipinski definition) is 5. The second kappa shape index (κ2) is 6.56. The number of hydrazine groups is 1. The van der Waals surface area contributed by atoms with E-state index in [4.69, 9.17) is 26.9 Å². The predicted molar refractivity (Wildman–Crippen MR) is 78.0 cm³/mol. The topological polar surface area (TPSA) is 69.4 Å². The number of rotatable bonds is 5. The molecule has 0 saturated carbocycles. The third kappa shape index (κ3) is 3.01. The van der Waals surface area contributed by atoms with Gasteiger partial charge in [0.2, 0.25) is 0 Å². The van der Waals surface area contributed by atoms with Crippen LogP contribution in [0, 0.1) is 0 Å². The van der Waals surface area contributed by atoms with Crippen LogP contribution >= 0.6 is 11.6 Å². The monoisotopic (exact) mass is 293 g/mol. The summed E-state index contributed by atoms with van der Waals surface area (Å²) in [6.07, 6.45) is 1.68. The van der Waals surface area contributed by atoms with Gasteiger partial charge in [0.25, 0.3) is 0 Å². The zero-order valence-electron chi connectivity index (χ0n) is 11.3. The van der Waals surface area contributed by atoms with E-state index in [9.17, 15) is 0 Å². The molecular formula is C14H16ClN3O2. The summed E-state index contributed by atoms with van der Waals surface area (Å²) in [7, 11) is 3.21. The summed E-state index contributed by atoms with van der Waals surface area (Å²) in [6.45, 7) is 0. The van der Waals surface area contributed by atoms with Crippen LogP contribution in [0.1, 0.15) is 17.2 Å². The van der Waals surface area contributed by atoms with Crippen molar-refractivity contribution in [3.8, 4) is 11.5 Å². The zero-order valence-corrected chi connectivity index (χ0v) is 12.0. The lowest BCUT2D eigenvalue weighted by Crippen LogP contribution is -2.29. The average molecular weight is 294 g/mol. The van der Waals surface area contributed by atoms with E-state index in [-0.39, 0.29) is 6.04 Å². The number of nitrogens with zero attached hydrogens (tertiary/aromatic N) is 1. The highest BCUT2D eigenvalue weighted by Crippen LogP contribution is 2.32. The highest BCUT2D eigenvalue weighted by Gasteiger charge is 2.18. The van der Waals surface area contributed by atoms with Gasteiger partial charge in [-0.3, -0.25) is 5.84 Å². The van der Waals surface area contributed by atoms with E-state index >= 15 is 0 Å². The minimum absolute atomic E-state index is 0.249. The number of hydrogen-bond donors (Lipinski definition) is 2. The maximum absolute atomic E-state index is 5.80. The Morgan fingerprint density at radius 1 is 1.20 bits per heavy atom. The lowest BCUT2D eigenvalue weighted by molar-refractivity contribution is 0.387. The van der Waals surface area contributed by atoms with Crippen LogP contribution < -0.4 is 20.7 Å². The molecule has 6 heteroatoms. The maximum Gasteiger partial charge on any atom is 0.129 e.